The summed E-state index contributed by atoms with van der Waals surface area (Å²) in [6.07, 6.45) is 12.2. The molecular weight excluding hydrogens is 775 g/mol. The fourth-order valence-corrected chi connectivity index (χ4v) is 10.2. The molecule has 0 N–H and O–H groups in total. The van der Waals surface area contributed by atoms with E-state index in [1.165, 1.54) is 76.9 Å². The molecule has 3 aliphatic carbocycles. The van der Waals surface area contributed by atoms with Gasteiger partial charge >= 0.3 is 99.2 Å². The molecule has 6 rings (SSSR count). The zero-order chi connectivity index (χ0) is 38.3. The average molecular weight is 838 g/mol. The van der Waals surface area contributed by atoms with E-state index in [1.54, 1.807) is 16.7 Å². The second-order valence-electron chi connectivity index (χ2n) is 18.4. The van der Waals surface area contributed by atoms with Gasteiger partial charge in [-0.15, -0.1) is 33.7 Å². The molecule has 0 aromatic heterocycles. The van der Waals surface area contributed by atoms with Crippen LogP contribution in [0.4, 0.5) is 0 Å². The molecule has 54 heavy (non-hydrogen) atoms. The van der Waals surface area contributed by atoms with E-state index in [-0.39, 0.29) is 41.1 Å². The van der Waals surface area contributed by atoms with E-state index in [0.717, 1.165) is 6.42 Å². The Balaban J connectivity index is 0.000000411. The van der Waals surface area contributed by atoms with Crippen LogP contribution in [-0.2, 0) is 29.7 Å². The Labute approximate surface area is 356 Å². The van der Waals surface area contributed by atoms with Gasteiger partial charge in [-0.3, -0.25) is 0 Å². The number of hydrogen-bond donors (Lipinski definition) is 0. The van der Waals surface area contributed by atoms with Gasteiger partial charge in [-0.25, -0.2) is 0 Å². The van der Waals surface area contributed by atoms with Crippen LogP contribution in [0.3, 0.4) is 0 Å². The Morgan fingerprint density at radius 1 is 0.722 bits per heavy atom. The summed E-state index contributed by atoms with van der Waals surface area (Å²) in [6.45, 7) is 33.9. The van der Waals surface area contributed by atoms with Crippen molar-refractivity contribution in [2.24, 2.45) is 28.6 Å². The summed E-state index contributed by atoms with van der Waals surface area (Å²) in [6, 6.07) is 26.1. The van der Waals surface area contributed by atoms with E-state index in [0.29, 0.717) is 23.7 Å². The van der Waals surface area contributed by atoms with E-state index in [2.05, 4.69) is 194 Å². The van der Waals surface area contributed by atoms with Crippen LogP contribution in [0, 0.1) is 28.6 Å². The van der Waals surface area contributed by atoms with E-state index >= 15 is 0 Å². The first kappa shape index (κ1) is 46.1. The van der Waals surface area contributed by atoms with Gasteiger partial charge in [-0.2, -0.15) is 0 Å². The Morgan fingerprint density at radius 3 is 1.65 bits per heavy atom. The van der Waals surface area contributed by atoms with Crippen molar-refractivity contribution in [1.29, 1.82) is 0 Å². The molecule has 0 aliphatic heterocycles. The van der Waals surface area contributed by atoms with Crippen molar-refractivity contribution in [3.8, 4) is 0 Å². The molecule has 3 aromatic rings. The van der Waals surface area contributed by atoms with Crippen molar-refractivity contribution in [3.05, 3.63) is 152 Å². The summed E-state index contributed by atoms with van der Waals surface area (Å²) in [5.74, 6) is 1.80. The predicted molar refractivity (Wildman–Crippen MR) is 224 cm³/mol. The Bertz CT molecular complexity index is 2030. The minimum absolute atomic E-state index is 0. The van der Waals surface area contributed by atoms with E-state index in [1.807, 2.05) is 0 Å². The average Bonchev–Trinajstić information content (AvgIpc) is 3.74. The van der Waals surface area contributed by atoms with Crippen molar-refractivity contribution in [3.63, 3.8) is 0 Å². The SMILES string of the molecule is CC(C)C1=C(C(C)C)C(C(C)C)(C(C)(C)C)C(C2=CC=CC2)=C2[C-]=c3cc(C(C)(C)C)cc(C(C)C)c3=C21.[Cl-].[Cl-].[Zr+2]=[C](c1ccccc1)c1ccccc1. The number of benzene rings is 3. The van der Waals surface area contributed by atoms with Gasteiger partial charge in [0, 0.05) is 0 Å². The summed E-state index contributed by atoms with van der Waals surface area (Å²) >= 11 is 1.46. The molecule has 0 bridgehead atoms. The molecule has 3 aliphatic rings. The quantitative estimate of drug-likeness (QED) is 0.248. The third-order valence-corrected chi connectivity index (χ3v) is 12.9. The van der Waals surface area contributed by atoms with Gasteiger partial charge in [0.1, 0.15) is 0 Å². The van der Waals surface area contributed by atoms with Gasteiger partial charge in [0.2, 0.25) is 0 Å². The molecule has 0 spiro atoms. The molecule has 0 amide bonds. The number of halogens is 2. The van der Waals surface area contributed by atoms with E-state index in [9.17, 15) is 0 Å². The zero-order valence-corrected chi connectivity index (χ0v) is 39.4. The molecule has 1 unspecified atom stereocenters. The third kappa shape index (κ3) is 8.51. The third-order valence-electron chi connectivity index (χ3n) is 11.5. The Morgan fingerprint density at radius 2 is 1.26 bits per heavy atom. The molecule has 0 saturated heterocycles. The number of allylic oxidation sites excluding steroid dienone is 8. The van der Waals surface area contributed by atoms with Crippen molar-refractivity contribution < 1.29 is 49.0 Å². The zero-order valence-electron chi connectivity index (χ0n) is 35.4. The molecule has 0 fully saturated rings. The van der Waals surface area contributed by atoms with Crippen LogP contribution in [0.1, 0.15) is 132 Å². The second kappa shape index (κ2) is 17.9. The van der Waals surface area contributed by atoms with Crippen LogP contribution in [-0.4, -0.2) is 3.21 Å². The van der Waals surface area contributed by atoms with Crippen molar-refractivity contribution in [2.75, 3.05) is 0 Å². The molecular formula is C51H63Cl2Zr-. The van der Waals surface area contributed by atoms with Crippen LogP contribution in [0.15, 0.2) is 119 Å². The van der Waals surface area contributed by atoms with Gasteiger partial charge in [0.25, 0.3) is 0 Å². The van der Waals surface area contributed by atoms with Crippen LogP contribution < -0.4 is 35.3 Å². The van der Waals surface area contributed by atoms with Crippen LogP contribution in [0.25, 0.3) is 11.6 Å². The van der Waals surface area contributed by atoms with E-state index < -0.39 is 0 Å². The Kier molecular flexibility index (Phi) is 15.2. The first-order valence-corrected chi connectivity index (χ1v) is 20.9. The molecule has 0 radical (unpaired) electrons. The summed E-state index contributed by atoms with van der Waals surface area (Å²) in [4.78, 5) is 0. The fourth-order valence-electron chi connectivity index (χ4n) is 9.42. The summed E-state index contributed by atoms with van der Waals surface area (Å²) in [5, 5.41) is 2.77. The summed E-state index contributed by atoms with van der Waals surface area (Å²) < 4.78 is 1.42. The fraction of sp³-hybridized carbons (Fsp3) is 0.431. The molecule has 0 saturated carbocycles. The van der Waals surface area contributed by atoms with E-state index in [4.69, 9.17) is 0 Å². The van der Waals surface area contributed by atoms with Crippen molar-refractivity contribution in [2.45, 2.75) is 115 Å². The van der Waals surface area contributed by atoms with Crippen molar-refractivity contribution in [1.82, 2.24) is 0 Å². The second-order valence-corrected chi connectivity index (χ2v) is 19.7. The first-order valence-electron chi connectivity index (χ1n) is 19.7. The van der Waals surface area contributed by atoms with Gasteiger partial charge in [-0.05, 0) is 46.3 Å². The normalized spacial score (nSPS) is 17.9. The Hall–Kier alpha value is -2.31. The number of fused-ring (bicyclic) bond motifs is 2. The number of hydrogen-bond acceptors (Lipinski definition) is 0. The summed E-state index contributed by atoms with van der Waals surface area (Å²) in [7, 11) is 0. The number of rotatable bonds is 7. The molecule has 0 heterocycles. The van der Waals surface area contributed by atoms with Gasteiger partial charge in [0.05, 0.1) is 0 Å². The minimum atomic E-state index is -0.0721. The molecule has 3 aromatic carbocycles. The topological polar surface area (TPSA) is 0 Å². The molecule has 286 valence electrons. The monoisotopic (exact) mass is 835 g/mol. The van der Waals surface area contributed by atoms with Crippen LogP contribution >= 0.6 is 0 Å². The predicted octanol–water partition coefficient (Wildman–Crippen LogP) is 6.23. The maximum absolute atomic E-state index is 4.14. The van der Waals surface area contributed by atoms with Crippen molar-refractivity contribution >= 4 is 14.9 Å². The van der Waals surface area contributed by atoms with Crippen LogP contribution in [0.5, 0.6) is 0 Å². The van der Waals surface area contributed by atoms with Gasteiger partial charge in [0.15, 0.2) is 0 Å². The summed E-state index contributed by atoms with van der Waals surface area (Å²) in [5.41, 5.74) is 14.8. The molecule has 0 nitrogen and oxygen atoms in total. The van der Waals surface area contributed by atoms with Crippen LogP contribution in [0.2, 0.25) is 0 Å². The standard InChI is InChI=1S/C38H53.C13H10.2ClH.Zr/c1-22(2)29-21-28(36(9,10)11)19-27-20-30-33(32(27)29)31(23(3)4)34(24(5)6)38(25(7)8,37(12,13)14)35(30)26-17-15-16-18-26;1-3-7-12(8-4-1)11-13-9-5-2-6-10-13;;;/h15-17,19,21-25H,18H2,1-14H3;1-10H;2*1H;/q-1;;;;+2/p-2. The maximum atomic E-state index is 4.14. The van der Waals surface area contributed by atoms with Gasteiger partial charge < -0.3 is 24.8 Å². The molecule has 1 atom stereocenters. The molecule has 3 heteroatoms. The first-order chi connectivity index (χ1) is 24.3. The van der Waals surface area contributed by atoms with Gasteiger partial charge in [-0.1, -0.05) is 155 Å².